The third-order valence-corrected chi connectivity index (χ3v) is 8.43. The lowest BCUT2D eigenvalue weighted by Gasteiger charge is -2.57. The number of fused-ring (bicyclic) bond motifs is 3. The van der Waals surface area contributed by atoms with E-state index in [-0.39, 0.29) is 11.8 Å². The first-order valence-electron chi connectivity index (χ1n) is 7.87. The van der Waals surface area contributed by atoms with E-state index in [1.807, 2.05) is 25.1 Å². The van der Waals surface area contributed by atoms with Crippen LogP contribution in [0.2, 0.25) is 0 Å². The number of hydrogen-bond acceptors (Lipinski definition) is 6. The van der Waals surface area contributed by atoms with E-state index in [9.17, 15) is 14.7 Å². The summed E-state index contributed by atoms with van der Waals surface area (Å²) >= 11 is 0. The van der Waals surface area contributed by atoms with Gasteiger partial charge in [0.1, 0.15) is 5.75 Å². The number of ether oxygens (including phenoxy) is 1. The average Bonchev–Trinajstić information content (AvgIpc) is 2.95. The molecule has 4 aliphatic rings. The summed E-state index contributed by atoms with van der Waals surface area (Å²) in [5.74, 6) is 0.237. The SMILES string of the molecule is CCCOc1cccc2c1N1C(=O)[C@]3(CO)SS[C@]1(C2)C(=O)N3C. The van der Waals surface area contributed by atoms with Crippen LogP contribution in [0.1, 0.15) is 18.9 Å². The van der Waals surface area contributed by atoms with E-state index in [1.54, 1.807) is 11.9 Å². The number of anilines is 1. The molecule has 2 amide bonds. The van der Waals surface area contributed by atoms with Crippen molar-refractivity contribution >= 4 is 39.1 Å². The summed E-state index contributed by atoms with van der Waals surface area (Å²) in [4.78, 5) is 27.0. The lowest BCUT2D eigenvalue weighted by molar-refractivity contribution is -0.149. The summed E-state index contributed by atoms with van der Waals surface area (Å²) in [6.45, 7) is 2.16. The van der Waals surface area contributed by atoms with E-state index >= 15 is 0 Å². The van der Waals surface area contributed by atoms with Crippen LogP contribution in [0.5, 0.6) is 5.75 Å². The highest BCUT2D eigenvalue weighted by Crippen LogP contribution is 2.64. The molecule has 2 bridgehead atoms. The number of para-hydroxylation sites is 1. The van der Waals surface area contributed by atoms with Crippen LogP contribution in [-0.2, 0) is 16.0 Å². The van der Waals surface area contributed by atoms with Gasteiger partial charge in [-0.1, -0.05) is 29.9 Å². The van der Waals surface area contributed by atoms with Gasteiger partial charge in [-0.05, 0) is 28.8 Å². The molecule has 0 unspecified atom stereocenters. The quantitative estimate of drug-likeness (QED) is 0.817. The Hall–Kier alpha value is -1.38. The van der Waals surface area contributed by atoms with E-state index in [0.717, 1.165) is 12.0 Å². The minimum absolute atomic E-state index is 0.141. The van der Waals surface area contributed by atoms with Crippen molar-refractivity contribution in [2.24, 2.45) is 0 Å². The highest BCUT2D eigenvalue weighted by Gasteiger charge is 2.71. The second-order valence-electron chi connectivity index (χ2n) is 6.19. The minimum Gasteiger partial charge on any atom is -0.491 e. The minimum atomic E-state index is -1.26. The first-order chi connectivity index (χ1) is 11.5. The number of likely N-dealkylation sites (N-methyl/N-ethyl adjacent to an activating group) is 1. The summed E-state index contributed by atoms with van der Waals surface area (Å²) < 4.78 is 5.83. The molecule has 1 N–H and O–H groups in total. The summed E-state index contributed by atoms with van der Waals surface area (Å²) in [7, 11) is 4.25. The fourth-order valence-electron chi connectivity index (χ4n) is 3.52. The Morgan fingerprint density at radius 3 is 2.79 bits per heavy atom. The third kappa shape index (κ3) is 1.74. The van der Waals surface area contributed by atoms with Crippen molar-refractivity contribution in [3.05, 3.63) is 23.8 Å². The lowest BCUT2D eigenvalue weighted by atomic mass is 10.0. The van der Waals surface area contributed by atoms with Crippen LogP contribution in [-0.4, -0.2) is 51.8 Å². The fraction of sp³-hybridized carbons (Fsp3) is 0.500. The van der Waals surface area contributed by atoms with Crippen molar-refractivity contribution in [3.63, 3.8) is 0 Å². The Kier molecular flexibility index (Phi) is 3.56. The molecule has 3 saturated heterocycles. The van der Waals surface area contributed by atoms with Gasteiger partial charge < -0.3 is 14.7 Å². The number of rotatable bonds is 4. The lowest BCUT2D eigenvalue weighted by Crippen LogP contribution is -2.77. The second kappa shape index (κ2) is 5.31. The van der Waals surface area contributed by atoms with Crippen molar-refractivity contribution < 1.29 is 19.4 Å². The maximum atomic E-state index is 13.2. The molecule has 4 heterocycles. The summed E-state index contributed by atoms with van der Waals surface area (Å²) in [5, 5.41) is 9.89. The summed E-state index contributed by atoms with van der Waals surface area (Å²) in [6, 6.07) is 5.66. The normalized spacial score (nSPS) is 30.6. The van der Waals surface area contributed by atoms with Crippen LogP contribution in [0.25, 0.3) is 0 Å². The Morgan fingerprint density at radius 1 is 1.29 bits per heavy atom. The highest BCUT2D eigenvalue weighted by atomic mass is 33.1. The largest absolute Gasteiger partial charge is 0.491 e. The average molecular weight is 366 g/mol. The molecule has 1 aromatic carbocycles. The van der Waals surface area contributed by atoms with E-state index in [4.69, 9.17) is 4.74 Å². The second-order valence-corrected chi connectivity index (χ2v) is 8.87. The van der Waals surface area contributed by atoms with Gasteiger partial charge in [-0.15, -0.1) is 0 Å². The van der Waals surface area contributed by atoms with Gasteiger partial charge in [-0.2, -0.15) is 0 Å². The molecule has 1 spiro atoms. The molecule has 4 aliphatic heterocycles. The van der Waals surface area contributed by atoms with Gasteiger partial charge in [0, 0.05) is 13.5 Å². The van der Waals surface area contributed by atoms with Gasteiger partial charge in [0.25, 0.3) is 11.8 Å². The maximum absolute atomic E-state index is 13.2. The molecule has 24 heavy (non-hydrogen) atoms. The molecular formula is C16H18N2O4S2. The molecule has 0 radical (unpaired) electrons. The van der Waals surface area contributed by atoms with Gasteiger partial charge in [-0.25, -0.2) is 0 Å². The van der Waals surface area contributed by atoms with Gasteiger partial charge in [0.15, 0.2) is 4.87 Å². The number of nitrogens with zero attached hydrogens (tertiary/aromatic N) is 2. The molecule has 6 nitrogen and oxygen atoms in total. The molecule has 1 aromatic rings. The zero-order chi connectivity index (χ0) is 17.1. The van der Waals surface area contributed by atoms with E-state index in [1.165, 1.54) is 26.5 Å². The van der Waals surface area contributed by atoms with Crippen molar-refractivity contribution in [2.75, 3.05) is 25.2 Å². The molecule has 3 fully saturated rings. The van der Waals surface area contributed by atoms with Gasteiger partial charge in [0.2, 0.25) is 4.87 Å². The zero-order valence-electron chi connectivity index (χ0n) is 13.4. The van der Waals surface area contributed by atoms with Crippen LogP contribution >= 0.6 is 21.6 Å². The Bertz CT molecular complexity index is 743. The third-order valence-electron chi connectivity index (χ3n) is 4.81. The van der Waals surface area contributed by atoms with Crippen molar-refractivity contribution in [2.45, 2.75) is 29.5 Å². The number of carbonyl (C=O) groups is 2. The molecule has 8 heteroatoms. The smallest absolute Gasteiger partial charge is 0.268 e. The Labute approximate surface area is 147 Å². The van der Waals surface area contributed by atoms with Gasteiger partial charge in [0.05, 0.1) is 18.9 Å². The first-order valence-corrected chi connectivity index (χ1v) is 10.0. The molecule has 0 aromatic heterocycles. The van der Waals surface area contributed by atoms with Gasteiger partial charge >= 0.3 is 0 Å². The molecule has 128 valence electrons. The number of piperazine rings is 1. The maximum Gasteiger partial charge on any atom is 0.268 e. The predicted molar refractivity (Wildman–Crippen MR) is 93.9 cm³/mol. The van der Waals surface area contributed by atoms with Crippen LogP contribution in [0.3, 0.4) is 0 Å². The molecule has 2 atom stereocenters. The number of amides is 2. The number of hydrogen-bond donors (Lipinski definition) is 1. The van der Waals surface area contributed by atoms with Crippen LogP contribution in [0.15, 0.2) is 18.2 Å². The summed E-state index contributed by atoms with van der Waals surface area (Å²) in [5.41, 5.74) is 1.62. The first kappa shape index (κ1) is 16.1. The van der Waals surface area contributed by atoms with Gasteiger partial charge in [-0.3, -0.25) is 14.5 Å². The van der Waals surface area contributed by atoms with Crippen molar-refractivity contribution in [3.8, 4) is 5.75 Å². The van der Waals surface area contributed by atoms with Crippen LogP contribution in [0, 0.1) is 0 Å². The fourth-order valence-corrected chi connectivity index (χ4v) is 7.03. The van der Waals surface area contributed by atoms with Crippen LogP contribution in [0.4, 0.5) is 5.69 Å². The molecule has 5 rings (SSSR count). The summed E-state index contributed by atoms with van der Waals surface area (Å²) in [6.07, 6.45) is 1.31. The highest BCUT2D eigenvalue weighted by molar-refractivity contribution is 8.78. The molecule has 0 aliphatic carbocycles. The molecular weight excluding hydrogens is 348 g/mol. The molecule has 0 saturated carbocycles. The van der Waals surface area contributed by atoms with E-state index < -0.39 is 16.3 Å². The standard InChI is InChI=1S/C16H18N2O4S2/c1-3-7-22-11-6-4-5-10-8-15-13(20)17(2)16(9-19,24-23-15)14(21)18(15)12(10)11/h4-6,19H,3,7-9H2,1-2H3/t15-,16+/m1/s1. The monoisotopic (exact) mass is 366 g/mol. The van der Waals surface area contributed by atoms with E-state index in [2.05, 4.69) is 0 Å². The van der Waals surface area contributed by atoms with Crippen LogP contribution < -0.4 is 9.64 Å². The van der Waals surface area contributed by atoms with Crippen molar-refractivity contribution in [1.29, 1.82) is 0 Å². The zero-order valence-corrected chi connectivity index (χ0v) is 15.1. The Morgan fingerprint density at radius 2 is 2.08 bits per heavy atom. The number of benzene rings is 1. The van der Waals surface area contributed by atoms with E-state index in [0.29, 0.717) is 24.5 Å². The Balaban J connectivity index is 1.88. The number of aliphatic hydroxyl groups is 1. The number of carbonyl (C=O) groups excluding carboxylic acids is 2. The number of aliphatic hydroxyl groups excluding tert-OH is 1. The predicted octanol–water partition coefficient (Wildman–Crippen LogP) is 1.62. The van der Waals surface area contributed by atoms with Crippen molar-refractivity contribution in [1.82, 2.24) is 4.90 Å². The topological polar surface area (TPSA) is 70.1 Å².